The van der Waals surface area contributed by atoms with Crippen molar-refractivity contribution in [2.75, 3.05) is 0 Å². The Bertz CT molecular complexity index is 1160. The fourth-order valence-corrected chi connectivity index (χ4v) is 7.09. The number of hydrogen-bond acceptors (Lipinski definition) is 5. The maximum absolute atomic E-state index is 13.1. The van der Waals surface area contributed by atoms with Gasteiger partial charge < -0.3 is 9.88 Å². The van der Waals surface area contributed by atoms with Crippen LogP contribution < -0.4 is 5.32 Å². The van der Waals surface area contributed by atoms with Gasteiger partial charge in [0.2, 0.25) is 0 Å². The molecule has 3 aromatic heterocycles. The first-order valence-corrected chi connectivity index (χ1v) is 11.9. The second kappa shape index (κ2) is 7.42. The molecule has 0 aliphatic carbocycles. The second-order valence-corrected chi connectivity index (χ2v) is 11.0. The number of sulfone groups is 1. The zero-order chi connectivity index (χ0) is 20.8. The number of pyridine rings is 1. The summed E-state index contributed by atoms with van der Waals surface area (Å²) in [4.78, 5) is 17.4. The van der Waals surface area contributed by atoms with Crippen molar-refractivity contribution in [1.29, 1.82) is 0 Å². The van der Waals surface area contributed by atoms with E-state index in [1.54, 1.807) is 24.6 Å². The van der Waals surface area contributed by atoms with Crippen molar-refractivity contribution < 1.29 is 13.2 Å². The van der Waals surface area contributed by atoms with Crippen LogP contribution >= 0.6 is 11.3 Å². The molecule has 152 valence electrons. The minimum atomic E-state index is -3.30. The number of nitrogens with one attached hydrogen (secondary N) is 1. The fraction of sp³-hybridized carbons (Fsp3) is 0.333. The van der Waals surface area contributed by atoms with E-state index in [1.165, 1.54) is 11.3 Å². The fourth-order valence-electron chi connectivity index (χ4n) is 3.86. The van der Waals surface area contributed by atoms with E-state index in [0.29, 0.717) is 28.3 Å². The molecule has 4 heterocycles. The summed E-state index contributed by atoms with van der Waals surface area (Å²) in [6, 6.07) is 9.16. The van der Waals surface area contributed by atoms with Gasteiger partial charge in [-0.2, -0.15) is 0 Å². The van der Waals surface area contributed by atoms with Gasteiger partial charge in [-0.3, -0.25) is 9.78 Å². The minimum absolute atomic E-state index is 0.181. The minimum Gasteiger partial charge on any atom is -0.345 e. The first-order chi connectivity index (χ1) is 13.8. The molecule has 8 heteroatoms. The van der Waals surface area contributed by atoms with Crippen LogP contribution in [0.2, 0.25) is 0 Å². The summed E-state index contributed by atoms with van der Waals surface area (Å²) in [5.74, 6) is -0.181. The van der Waals surface area contributed by atoms with E-state index in [2.05, 4.69) is 14.9 Å². The molecular formula is C21H23N3O3S2. The van der Waals surface area contributed by atoms with Crippen LogP contribution in [0.4, 0.5) is 0 Å². The summed E-state index contributed by atoms with van der Waals surface area (Å²) >= 11 is 1.22. The summed E-state index contributed by atoms with van der Waals surface area (Å²) in [5.41, 5.74) is 4.08. The van der Waals surface area contributed by atoms with Crippen molar-refractivity contribution in [3.05, 3.63) is 70.1 Å². The molecule has 0 saturated carbocycles. The first kappa shape index (κ1) is 19.8. The number of nitrogens with zero attached hydrogens (tertiary/aromatic N) is 2. The van der Waals surface area contributed by atoms with Gasteiger partial charge in [0.25, 0.3) is 5.91 Å². The van der Waals surface area contributed by atoms with Gasteiger partial charge in [-0.25, -0.2) is 8.42 Å². The molecule has 0 fully saturated rings. The number of fused-ring (bicyclic) bond motifs is 1. The summed E-state index contributed by atoms with van der Waals surface area (Å²) in [6.07, 6.45) is 2.14. The molecule has 0 unspecified atom stereocenters. The van der Waals surface area contributed by atoms with Crippen molar-refractivity contribution in [3.8, 4) is 0 Å². The number of hydrogen-bond donors (Lipinski definition) is 1. The zero-order valence-electron chi connectivity index (χ0n) is 16.5. The summed E-state index contributed by atoms with van der Waals surface area (Å²) in [6.45, 7) is 6.20. The van der Waals surface area contributed by atoms with Crippen molar-refractivity contribution >= 4 is 27.1 Å². The third-order valence-electron chi connectivity index (χ3n) is 5.56. The maximum atomic E-state index is 13.1. The maximum Gasteiger partial charge on any atom is 0.253 e. The van der Waals surface area contributed by atoms with E-state index in [4.69, 9.17) is 0 Å². The Morgan fingerprint density at radius 1 is 1.31 bits per heavy atom. The SMILES string of the molecule is Cc1cc(C(=O)N[C@H]2C[C@H](C)S(=O)(=O)c3sccc32)c(C)n1Cc1ccccn1. The van der Waals surface area contributed by atoms with E-state index in [0.717, 1.165) is 17.1 Å². The van der Waals surface area contributed by atoms with E-state index in [-0.39, 0.29) is 11.9 Å². The zero-order valence-corrected chi connectivity index (χ0v) is 18.2. The van der Waals surface area contributed by atoms with Crippen molar-refractivity contribution in [2.45, 2.75) is 49.2 Å². The van der Waals surface area contributed by atoms with E-state index in [1.807, 2.05) is 38.1 Å². The smallest absolute Gasteiger partial charge is 0.253 e. The molecule has 29 heavy (non-hydrogen) atoms. The van der Waals surface area contributed by atoms with Gasteiger partial charge in [0.1, 0.15) is 4.21 Å². The number of aryl methyl sites for hydroxylation is 1. The second-order valence-electron chi connectivity index (χ2n) is 7.47. The van der Waals surface area contributed by atoms with Crippen LogP contribution in [-0.2, 0) is 16.4 Å². The Morgan fingerprint density at radius 2 is 2.10 bits per heavy atom. The van der Waals surface area contributed by atoms with Gasteiger partial charge >= 0.3 is 0 Å². The Balaban J connectivity index is 1.59. The van der Waals surface area contributed by atoms with Crippen LogP contribution in [0.5, 0.6) is 0 Å². The number of carbonyl (C=O) groups excluding carboxylic acids is 1. The van der Waals surface area contributed by atoms with Crippen LogP contribution in [0.25, 0.3) is 0 Å². The van der Waals surface area contributed by atoms with Crippen molar-refractivity contribution in [2.24, 2.45) is 0 Å². The third-order valence-corrected chi connectivity index (χ3v) is 9.27. The molecule has 1 amide bonds. The Kier molecular flexibility index (Phi) is 5.08. The lowest BCUT2D eigenvalue weighted by atomic mass is 10.0. The van der Waals surface area contributed by atoms with Crippen molar-refractivity contribution in [1.82, 2.24) is 14.9 Å². The summed E-state index contributed by atoms with van der Waals surface area (Å²) in [7, 11) is -3.30. The average molecular weight is 430 g/mol. The lowest BCUT2D eigenvalue weighted by Gasteiger charge is -2.28. The van der Waals surface area contributed by atoms with Gasteiger partial charge in [0, 0.05) is 23.1 Å². The molecule has 0 saturated heterocycles. The van der Waals surface area contributed by atoms with E-state index >= 15 is 0 Å². The highest BCUT2D eigenvalue weighted by molar-refractivity contribution is 7.94. The molecule has 0 bridgehead atoms. The van der Waals surface area contributed by atoms with E-state index < -0.39 is 15.1 Å². The number of carbonyl (C=O) groups is 1. The van der Waals surface area contributed by atoms with Gasteiger partial charge in [-0.1, -0.05) is 6.07 Å². The predicted molar refractivity (Wildman–Crippen MR) is 113 cm³/mol. The highest BCUT2D eigenvalue weighted by atomic mass is 32.2. The largest absolute Gasteiger partial charge is 0.345 e. The molecule has 1 aliphatic heterocycles. The quantitative estimate of drug-likeness (QED) is 0.686. The molecule has 2 atom stereocenters. The van der Waals surface area contributed by atoms with Crippen LogP contribution in [0.3, 0.4) is 0 Å². The van der Waals surface area contributed by atoms with Crippen LogP contribution in [-0.4, -0.2) is 29.1 Å². The Hall–Kier alpha value is -2.45. The number of aromatic nitrogens is 2. The molecule has 0 spiro atoms. The topological polar surface area (TPSA) is 81.1 Å². The van der Waals surface area contributed by atoms with Gasteiger partial charge in [-0.05, 0) is 56.8 Å². The lowest BCUT2D eigenvalue weighted by Crippen LogP contribution is -2.36. The summed E-state index contributed by atoms with van der Waals surface area (Å²) < 4.78 is 27.5. The Labute approximate surface area is 174 Å². The van der Waals surface area contributed by atoms with E-state index in [9.17, 15) is 13.2 Å². The average Bonchev–Trinajstić information content (AvgIpc) is 3.29. The van der Waals surface area contributed by atoms with Crippen LogP contribution in [0.1, 0.15) is 52.4 Å². The normalized spacial score (nSPS) is 20.2. The molecule has 0 aromatic carbocycles. The number of rotatable bonds is 4. The molecule has 1 aliphatic rings. The van der Waals surface area contributed by atoms with Gasteiger partial charge in [-0.15, -0.1) is 11.3 Å². The molecule has 3 aromatic rings. The molecule has 6 nitrogen and oxygen atoms in total. The lowest BCUT2D eigenvalue weighted by molar-refractivity contribution is 0.0932. The van der Waals surface area contributed by atoms with Crippen molar-refractivity contribution in [3.63, 3.8) is 0 Å². The predicted octanol–water partition coefficient (Wildman–Crippen LogP) is 3.65. The first-order valence-electron chi connectivity index (χ1n) is 9.48. The number of thiophene rings is 1. The summed E-state index contributed by atoms with van der Waals surface area (Å²) in [5, 5.41) is 4.32. The monoisotopic (exact) mass is 429 g/mol. The molecule has 0 radical (unpaired) electrons. The molecular weight excluding hydrogens is 406 g/mol. The highest BCUT2D eigenvalue weighted by Gasteiger charge is 2.38. The standard InChI is InChI=1S/C21H23N3O3S2/c1-13-10-18(15(3)24(13)12-16-6-4-5-8-22-16)20(25)23-19-11-14(2)29(26,27)21-17(19)7-9-28-21/h4-10,14,19H,11-12H2,1-3H3,(H,23,25)/t14-,19-/m0/s1. The Morgan fingerprint density at radius 3 is 2.83 bits per heavy atom. The van der Waals surface area contributed by atoms with Gasteiger partial charge in [0.15, 0.2) is 9.84 Å². The molecule has 4 rings (SSSR count). The third kappa shape index (κ3) is 3.51. The van der Waals surface area contributed by atoms with Crippen LogP contribution in [0.15, 0.2) is 46.1 Å². The van der Waals surface area contributed by atoms with Gasteiger partial charge in [0.05, 0.1) is 29.1 Å². The highest BCUT2D eigenvalue weighted by Crippen LogP contribution is 2.39. The van der Waals surface area contributed by atoms with Crippen LogP contribution in [0, 0.1) is 13.8 Å². The molecule has 1 N–H and O–H groups in total. The number of amides is 1.